The summed E-state index contributed by atoms with van der Waals surface area (Å²) < 4.78 is 27.5. The molecule has 1 aliphatic heterocycles. The molecule has 0 amide bonds. The zero-order chi connectivity index (χ0) is 22.6. The minimum atomic E-state index is -1.48. The summed E-state index contributed by atoms with van der Waals surface area (Å²) in [6, 6.07) is 0. The number of aliphatic hydroxyl groups excluding tert-OH is 2. The Labute approximate surface area is 181 Å². The second-order valence-electron chi connectivity index (χ2n) is 10.9. The van der Waals surface area contributed by atoms with Gasteiger partial charge in [0.2, 0.25) is 5.91 Å². The molecule has 0 spiro atoms. The highest BCUT2D eigenvalue weighted by Gasteiger charge is 2.77. The SMILES string of the molecule is C[C@]1(N)O[C@@H]2CC3C4C[C@H](F)C5=CC(=O)CC[C@]5(C)C4C(O)C[C@]3(C)[C@]2(C(=O)CO)O1. The van der Waals surface area contributed by atoms with Gasteiger partial charge in [0.1, 0.15) is 12.8 Å². The Morgan fingerprint density at radius 2 is 2.03 bits per heavy atom. The molecule has 3 saturated carbocycles. The molecule has 4 N–H and O–H groups in total. The third-order valence-electron chi connectivity index (χ3n) is 9.33. The van der Waals surface area contributed by atoms with E-state index in [1.54, 1.807) is 0 Å². The average molecular weight is 438 g/mol. The predicted octanol–water partition coefficient (Wildman–Crippen LogP) is 1.39. The number of carbonyl (C=O) groups is 2. The van der Waals surface area contributed by atoms with E-state index in [-0.39, 0.29) is 36.4 Å². The van der Waals surface area contributed by atoms with E-state index in [1.165, 1.54) is 13.0 Å². The number of halogens is 1. The summed E-state index contributed by atoms with van der Waals surface area (Å²) in [6.07, 6.45) is 0.462. The Balaban J connectivity index is 1.61. The van der Waals surface area contributed by atoms with Crippen LogP contribution in [0.1, 0.15) is 52.9 Å². The monoisotopic (exact) mass is 437 g/mol. The third-order valence-corrected chi connectivity index (χ3v) is 9.33. The minimum absolute atomic E-state index is 0.0596. The number of ketones is 2. The first kappa shape index (κ1) is 21.6. The molecule has 4 aliphatic carbocycles. The van der Waals surface area contributed by atoms with Gasteiger partial charge in [0.25, 0.3) is 0 Å². The van der Waals surface area contributed by atoms with E-state index in [9.17, 15) is 19.8 Å². The van der Waals surface area contributed by atoms with E-state index in [2.05, 4.69) is 0 Å². The second kappa shape index (κ2) is 6.44. The summed E-state index contributed by atoms with van der Waals surface area (Å²) in [6.45, 7) is 4.67. The van der Waals surface area contributed by atoms with Gasteiger partial charge in [-0.2, -0.15) is 0 Å². The van der Waals surface area contributed by atoms with Crippen molar-refractivity contribution in [1.82, 2.24) is 0 Å². The van der Waals surface area contributed by atoms with E-state index >= 15 is 4.39 Å². The highest BCUT2D eigenvalue weighted by Crippen LogP contribution is 2.70. The number of allylic oxidation sites excluding steroid dienone is 1. The van der Waals surface area contributed by atoms with Gasteiger partial charge in [-0.25, -0.2) is 4.39 Å². The summed E-state index contributed by atoms with van der Waals surface area (Å²) >= 11 is 0. The highest BCUT2D eigenvalue weighted by atomic mass is 19.1. The van der Waals surface area contributed by atoms with Crippen molar-refractivity contribution < 1.29 is 33.7 Å². The maximum atomic E-state index is 15.5. The Kier molecular flexibility index (Phi) is 4.50. The number of carbonyl (C=O) groups excluding carboxylic acids is 2. The van der Waals surface area contributed by atoms with Crippen molar-refractivity contribution in [2.24, 2.45) is 34.3 Å². The molecule has 0 aromatic rings. The molecule has 8 heteroatoms. The zero-order valence-corrected chi connectivity index (χ0v) is 18.3. The van der Waals surface area contributed by atoms with Crippen LogP contribution in [0.4, 0.5) is 4.39 Å². The number of hydrogen-bond donors (Lipinski definition) is 3. The van der Waals surface area contributed by atoms with Crippen LogP contribution in [0.2, 0.25) is 0 Å². The van der Waals surface area contributed by atoms with Crippen LogP contribution in [-0.4, -0.2) is 58.3 Å². The molecule has 31 heavy (non-hydrogen) atoms. The zero-order valence-electron chi connectivity index (χ0n) is 18.3. The lowest BCUT2D eigenvalue weighted by atomic mass is 9.45. The third kappa shape index (κ3) is 2.57. The van der Waals surface area contributed by atoms with Gasteiger partial charge in [0.05, 0.1) is 12.2 Å². The molecule has 7 nitrogen and oxygen atoms in total. The van der Waals surface area contributed by atoms with Gasteiger partial charge in [0, 0.05) is 18.8 Å². The first-order valence-corrected chi connectivity index (χ1v) is 11.3. The number of alkyl halides is 1. The average Bonchev–Trinajstić information content (AvgIpc) is 3.08. The molecule has 10 atom stereocenters. The quantitative estimate of drug-likeness (QED) is 0.597. The lowest BCUT2D eigenvalue weighted by Gasteiger charge is -2.61. The highest BCUT2D eigenvalue weighted by molar-refractivity contribution is 5.92. The normalized spacial score (nSPS) is 55.7. The Morgan fingerprint density at radius 1 is 1.32 bits per heavy atom. The van der Waals surface area contributed by atoms with Crippen LogP contribution in [0.25, 0.3) is 0 Å². The maximum absolute atomic E-state index is 15.5. The van der Waals surface area contributed by atoms with E-state index in [0.717, 1.165) is 0 Å². The molecular formula is C23H32FNO6. The fraction of sp³-hybridized carbons (Fsp3) is 0.826. The largest absolute Gasteiger partial charge is 0.393 e. The Morgan fingerprint density at radius 3 is 2.71 bits per heavy atom. The van der Waals surface area contributed by atoms with Crippen molar-refractivity contribution in [2.75, 3.05) is 6.61 Å². The van der Waals surface area contributed by atoms with Crippen LogP contribution in [0.5, 0.6) is 0 Å². The van der Waals surface area contributed by atoms with Crippen molar-refractivity contribution in [1.29, 1.82) is 0 Å². The van der Waals surface area contributed by atoms with Crippen LogP contribution < -0.4 is 5.73 Å². The van der Waals surface area contributed by atoms with Crippen LogP contribution >= 0.6 is 0 Å². The molecule has 4 fully saturated rings. The molecule has 1 heterocycles. The van der Waals surface area contributed by atoms with E-state index in [1.807, 2.05) is 13.8 Å². The molecule has 1 saturated heterocycles. The predicted molar refractivity (Wildman–Crippen MR) is 107 cm³/mol. The fourth-order valence-corrected chi connectivity index (χ4v) is 8.28. The summed E-state index contributed by atoms with van der Waals surface area (Å²) in [5, 5.41) is 21.2. The van der Waals surface area contributed by atoms with Crippen LogP contribution in [-0.2, 0) is 19.1 Å². The van der Waals surface area contributed by atoms with Crippen LogP contribution in [0.3, 0.4) is 0 Å². The van der Waals surface area contributed by atoms with Crippen molar-refractivity contribution in [2.45, 2.75) is 82.8 Å². The van der Waals surface area contributed by atoms with Gasteiger partial charge in [-0.15, -0.1) is 0 Å². The molecule has 4 unspecified atom stereocenters. The van der Waals surface area contributed by atoms with Gasteiger partial charge >= 0.3 is 0 Å². The number of Topliss-reactive ketones (excluding diaryl/α,β-unsaturated/α-hetero) is 1. The lowest BCUT2D eigenvalue weighted by molar-refractivity contribution is -0.233. The van der Waals surface area contributed by atoms with Crippen molar-refractivity contribution in [3.05, 3.63) is 11.6 Å². The number of aliphatic hydroxyl groups is 2. The van der Waals surface area contributed by atoms with E-state index in [0.29, 0.717) is 24.8 Å². The summed E-state index contributed by atoms with van der Waals surface area (Å²) in [7, 11) is 0. The van der Waals surface area contributed by atoms with Gasteiger partial charge in [-0.05, 0) is 60.5 Å². The summed E-state index contributed by atoms with van der Waals surface area (Å²) in [5.74, 6) is -2.62. The fourth-order valence-electron chi connectivity index (χ4n) is 8.28. The first-order valence-electron chi connectivity index (χ1n) is 11.3. The number of rotatable bonds is 2. The first-order chi connectivity index (χ1) is 14.4. The summed E-state index contributed by atoms with van der Waals surface area (Å²) in [4.78, 5) is 25.1. The van der Waals surface area contributed by atoms with Crippen molar-refractivity contribution in [3.63, 3.8) is 0 Å². The van der Waals surface area contributed by atoms with Gasteiger partial charge in [-0.1, -0.05) is 13.8 Å². The number of ether oxygens (including phenoxy) is 2. The molecule has 0 aromatic heterocycles. The van der Waals surface area contributed by atoms with Crippen LogP contribution in [0, 0.1) is 28.6 Å². The second-order valence-corrected chi connectivity index (χ2v) is 10.9. The standard InChI is InChI=1S/C23H32FNO6/c1-20-5-4-11(27)6-14(20)15(24)7-12-13-8-18-23(17(29)10-26,31-22(3,25)30-18)21(13,2)9-16(28)19(12)20/h6,12-13,15-16,18-19,26,28H,4-5,7-10,25H2,1-3H3/t12?,13?,15-,16?,18+,19?,20-,21-,22-,23+/m0/s1. The Bertz CT molecular complexity index is 874. The minimum Gasteiger partial charge on any atom is -0.393 e. The molecule has 5 aliphatic rings. The summed E-state index contributed by atoms with van der Waals surface area (Å²) in [5.41, 5.74) is 3.66. The topological polar surface area (TPSA) is 119 Å². The number of nitrogens with two attached hydrogens (primary N) is 1. The molecule has 5 rings (SSSR count). The Hall–Kier alpha value is -1.19. The lowest BCUT2D eigenvalue weighted by Crippen LogP contribution is -2.65. The molecule has 0 bridgehead atoms. The van der Waals surface area contributed by atoms with Crippen molar-refractivity contribution >= 4 is 11.6 Å². The molecule has 0 aromatic carbocycles. The van der Waals surface area contributed by atoms with Crippen LogP contribution in [0.15, 0.2) is 11.6 Å². The van der Waals surface area contributed by atoms with Gasteiger partial charge < -0.3 is 19.7 Å². The van der Waals surface area contributed by atoms with E-state index < -0.39 is 53.1 Å². The molecule has 172 valence electrons. The number of fused-ring (bicyclic) bond motifs is 7. The van der Waals surface area contributed by atoms with Crippen molar-refractivity contribution in [3.8, 4) is 0 Å². The molecular weight excluding hydrogens is 405 g/mol. The van der Waals surface area contributed by atoms with E-state index in [4.69, 9.17) is 15.2 Å². The van der Waals surface area contributed by atoms with Gasteiger partial charge in [0.15, 0.2) is 17.2 Å². The van der Waals surface area contributed by atoms with Gasteiger partial charge in [-0.3, -0.25) is 15.3 Å². The maximum Gasteiger partial charge on any atom is 0.223 e. The molecule has 0 radical (unpaired) electrons. The smallest absolute Gasteiger partial charge is 0.223 e. The number of hydrogen-bond acceptors (Lipinski definition) is 7.